The highest BCUT2D eigenvalue weighted by Crippen LogP contribution is 2.22. The van der Waals surface area contributed by atoms with Crippen molar-refractivity contribution in [3.63, 3.8) is 0 Å². The number of nitrogens with zero attached hydrogens (tertiary/aromatic N) is 1. The van der Waals surface area contributed by atoms with Gasteiger partial charge >= 0.3 is 0 Å². The van der Waals surface area contributed by atoms with Crippen LogP contribution in [0.25, 0.3) is 0 Å². The Morgan fingerprint density at radius 1 is 1.39 bits per heavy atom. The van der Waals surface area contributed by atoms with E-state index in [1.165, 1.54) is 16.8 Å². The second-order valence-corrected chi connectivity index (χ2v) is 4.53. The molecule has 0 bridgehead atoms. The summed E-state index contributed by atoms with van der Waals surface area (Å²) in [5, 5.41) is 7.81. The first-order chi connectivity index (χ1) is 8.47. The molecule has 1 rings (SSSR count). The Balaban J connectivity index is 0.000000631. The number of aliphatic hydroxyl groups excluding tert-OH is 1. The Morgan fingerprint density at radius 2 is 1.94 bits per heavy atom. The van der Waals surface area contributed by atoms with Crippen LogP contribution in [0.1, 0.15) is 36.9 Å². The van der Waals surface area contributed by atoms with E-state index in [2.05, 4.69) is 43.9 Å². The fraction of sp³-hybridized carbons (Fsp3) is 0.533. The van der Waals surface area contributed by atoms with E-state index < -0.39 is 0 Å². The van der Waals surface area contributed by atoms with Crippen molar-refractivity contribution in [1.29, 1.82) is 0 Å². The maximum absolute atomic E-state index is 7.81. The Morgan fingerprint density at radius 3 is 2.28 bits per heavy atom. The molecular weight excluding hydrogens is 224 g/mol. The molecule has 1 atom stereocenters. The van der Waals surface area contributed by atoms with E-state index in [0.717, 1.165) is 6.42 Å². The van der Waals surface area contributed by atoms with E-state index in [-0.39, 0.29) is 12.6 Å². The highest BCUT2D eigenvalue weighted by Gasteiger charge is 2.07. The number of benzene rings is 1. The number of anilines is 1. The third kappa shape index (κ3) is 5.52. The number of hydrogen-bond donors (Lipinski definition) is 2. The van der Waals surface area contributed by atoms with Gasteiger partial charge in [0.2, 0.25) is 0 Å². The summed E-state index contributed by atoms with van der Waals surface area (Å²) in [5.74, 6) is 0. The summed E-state index contributed by atoms with van der Waals surface area (Å²) in [5.41, 5.74) is 9.78. The van der Waals surface area contributed by atoms with Crippen molar-refractivity contribution in [1.82, 2.24) is 0 Å². The summed E-state index contributed by atoms with van der Waals surface area (Å²) < 4.78 is 0. The summed E-state index contributed by atoms with van der Waals surface area (Å²) in [4.78, 5) is 2.11. The zero-order valence-electron chi connectivity index (χ0n) is 12.1. The SMILES string of the molecule is CCC(N)c1ccc(N(C)C)cc1C.[CH2]CCO. The number of aryl methyl sites for hydroxylation is 1. The molecule has 3 nitrogen and oxygen atoms in total. The molecule has 0 saturated heterocycles. The Bertz CT molecular complexity index is 335. The summed E-state index contributed by atoms with van der Waals surface area (Å²) in [6, 6.07) is 6.62. The van der Waals surface area contributed by atoms with Crippen LogP contribution in [0.4, 0.5) is 5.69 Å². The van der Waals surface area contributed by atoms with Crippen LogP contribution in [0.2, 0.25) is 0 Å². The average Bonchev–Trinajstić information content (AvgIpc) is 2.37. The van der Waals surface area contributed by atoms with Gasteiger partial charge in [-0.25, -0.2) is 0 Å². The first-order valence-electron chi connectivity index (χ1n) is 6.41. The van der Waals surface area contributed by atoms with E-state index in [9.17, 15) is 0 Å². The predicted octanol–water partition coefficient (Wildman–Crippen LogP) is 2.67. The van der Waals surface area contributed by atoms with Crippen LogP contribution in [0, 0.1) is 13.8 Å². The van der Waals surface area contributed by atoms with Crippen LogP contribution >= 0.6 is 0 Å². The lowest BCUT2D eigenvalue weighted by Gasteiger charge is -2.17. The van der Waals surface area contributed by atoms with E-state index >= 15 is 0 Å². The molecule has 1 unspecified atom stereocenters. The second-order valence-electron chi connectivity index (χ2n) is 4.53. The van der Waals surface area contributed by atoms with Gasteiger partial charge in [0, 0.05) is 32.4 Å². The Labute approximate surface area is 112 Å². The lowest BCUT2D eigenvalue weighted by molar-refractivity contribution is 0.302. The number of aliphatic hydroxyl groups is 1. The fourth-order valence-corrected chi connectivity index (χ4v) is 1.57. The molecule has 0 saturated carbocycles. The van der Waals surface area contributed by atoms with Gasteiger partial charge in [-0.15, -0.1) is 0 Å². The van der Waals surface area contributed by atoms with Gasteiger partial charge in [0.1, 0.15) is 0 Å². The van der Waals surface area contributed by atoms with Crippen molar-refractivity contribution in [3.05, 3.63) is 36.2 Å². The van der Waals surface area contributed by atoms with Gasteiger partial charge < -0.3 is 15.7 Å². The summed E-state index contributed by atoms with van der Waals surface area (Å²) in [6.07, 6.45) is 1.61. The number of hydrogen-bond acceptors (Lipinski definition) is 3. The molecule has 0 amide bonds. The maximum atomic E-state index is 7.81. The van der Waals surface area contributed by atoms with Crippen molar-refractivity contribution < 1.29 is 5.11 Å². The van der Waals surface area contributed by atoms with Crippen molar-refractivity contribution in [3.8, 4) is 0 Å². The van der Waals surface area contributed by atoms with Crippen molar-refractivity contribution >= 4 is 5.69 Å². The Kier molecular flexibility index (Phi) is 8.42. The molecule has 0 heterocycles. The zero-order chi connectivity index (χ0) is 14.1. The summed E-state index contributed by atoms with van der Waals surface area (Å²) >= 11 is 0. The highest BCUT2D eigenvalue weighted by atomic mass is 16.2. The average molecular weight is 251 g/mol. The molecule has 1 aromatic rings. The van der Waals surface area contributed by atoms with Crippen LogP contribution < -0.4 is 10.6 Å². The van der Waals surface area contributed by atoms with E-state index in [4.69, 9.17) is 10.8 Å². The minimum absolute atomic E-state index is 0.172. The fourth-order valence-electron chi connectivity index (χ4n) is 1.57. The van der Waals surface area contributed by atoms with E-state index in [1.54, 1.807) is 0 Å². The number of rotatable bonds is 4. The molecular formula is C15H27N2O. The van der Waals surface area contributed by atoms with Gasteiger partial charge in [-0.05, 0) is 43.0 Å². The summed E-state index contributed by atoms with van der Waals surface area (Å²) in [6.45, 7) is 7.80. The van der Waals surface area contributed by atoms with Gasteiger partial charge in [-0.2, -0.15) is 0 Å². The minimum atomic E-state index is 0.172. The zero-order valence-corrected chi connectivity index (χ0v) is 12.1. The minimum Gasteiger partial charge on any atom is -0.396 e. The van der Waals surface area contributed by atoms with E-state index in [1.807, 2.05) is 14.1 Å². The Hall–Kier alpha value is -1.06. The standard InChI is InChI=1S/C12H20N2.C3H7O/c1-5-12(13)11-7-6-10(14(3)4)8-9(11)2;1-2-3-4/h6-8,12H,5,13H2,1-4H3;4H,1-3H2. The van der Waals surface area contributed by atoms with Gasteiger partial charge in [0.15, 0.2) is 0 Å². The van der Waals surface area contributed by atoms with Gasteiger partial charge in [0.25, 0.3) is 0 Å². The van der Waals surface area contributed by atoms with Crippen molar-refractivity contribution in [2.45, 2.75) is 32.7 Å². The van der Waals surface area contributed by atoms with Crippen LogP contribution in [-0.4, -0.2) is 25.8 Å². The van der Waals surface area contributed by atoms with Crippen LogP contribution in [0.15, 0.2) is 18.2 Å². The quantitative estimate of drug-likeness (QED) is 0.865. The number of nitrogens with two attached hydrogens (primary N) is 1. The normalized spacial score (nSPS) is 11.5. The molecule has 3 N–H and O–H groups in total. The first-order valence-corrected chi connectivity index (χ1v) is 6.41. The molecule has 0 aliphatic carbocycles. The monoisotopic (exact) mass is 251 g/mol. The molecule has 1 radical (unpaired) electrons. The third-order valence-corrected chi connectivity index (χ3v) is 2.77. The molecule has 0 fully saturated rings. The lowest BCUT2D eigenvalue weighted by Crippen LogP contribution is -2.12. The molecule has 0 aromatic heterocycles. The summed E-state index contributed by atoms with van der Waals surface area (Å²) in [7, 11) is 4.10. The topological polar surface area (TPSA) is 49.5 Å². The molecule has 0 aliphatic rings. The van der Waals surface area contributed by atoms with Crippen LogP contribution in [-0.2, 0) is 0 Å². The molecule has 103 valence electrons. The van der Waals surface area contributed by atoms with E-state index in [0.29, 0.717) is 6.42 Å². The molecule has 0 spiro atoms. The third-order valence-electron chi connectivity index (χ3n) is 2.77. The van der Waals surface area contributed by atoms with Crippen LogP contribution in [0.3, 0.4) is 0 Å². The van der Waals surface area contributed by atoms with Crippen molar-refractivity contribution in [2.75, 3.05) is 25.6 Å². The lowest BCUT2D eigenvalue weighted by atomic mass is 9.99. The molecule has 1 aromatic carbocycles. The largest absolute Gasteiger partial charge is 0.396 e. The molecule has 18 heavy (non-hydrogen) atoms. The molecule has 3 heteroatoms. The second kappa shape index (κ2) is 8.95. The van der Waals surface area contributed by atoms with Gasteiger partial charge in [0.05, 0.1) is 0 Å². The smallest absolute Gasteiger partial charge is 0.0431 e. The van der Waals surface area contributed by atoms with Gasteiger partial charge in [-0.1, -0.05) is 19.9 Å². The van der Waals surface area contributed by atoms with Crippen molar-refractivity contribution in [2.24, 2.45) is 5.73 Å². The first kappa shape index (κ1) is 16.9. The van der Waals surface area contributed by atoms with Crippen LogP contribution in [0.5, 0.6) is 0 Å². The van der Waals surface area contributed by atoms with Gasteiger partial charge in [-0.3, -0.25) is 0 Å². The molecule has 0 aliphatic heterocycles. The maximum Gasteiger partial charge on any atom is 0.0431 e. The predicted molar refractivity (Wildman–Crippen MR) is 79.8 cm³/mol. The highest BCUT2D eigenvalue weighted by molar-refractivity contribution is 5.50.